The van der Waals surface area contributed by atoms with Crippen LogP contribution in [0.4, 0.5) is 5.69 Å². The fraction of sp³-hybridized carbons (Fsp3) is 0.533. The Hall–Kier alpha value is -1.55. The first-order valence-corrected chi connectivity index (χ1v) is 7.32. The molecule has 1 aromatic heterocycles. The summed E-state index contributed by atoms with van der Waals surface area (Å²) in [6, 6.07) is 7.91. The van der Waals surface area contributed by atoms with Crippen molar-refractivity contribution in [2.24, 2.45) is 0 Å². The van der Waals surface area contributed by atoms with Crippen molar-refractivity contribution in [3.8, 4) is 0 Å². The average Bonchev–Trinajstić information content (AvgIpc) is 3.05. The molecule has 19 heavy (non-hydrogen) atoms. The summed E-state index contributed by atoms with van der Waals surface area (Å²) in [4.78, 5) is 2.66. The second-order valence-electron chi connectivity index (χ2n) is 5.87. The summed E-state index contributed by atoms with van der Waals surface area (Å²) >= 11 is 0. The number of aromatic amines is 1. The van der Waals surface area contributed by atoms with Gasteiger partial charge in [0, 0.05) is 29.7 Å². The maximum absolute atomic E-state index is 4.07. The highest BCUT2D eigenvalue weighted by atomic mass is 15.2. The standard InChI is InChI=1S/C15H20N4/c1-2-14-9-13(5-7-19(14)6-1)17-12-3-4-15-11(8-12)10-16-18-15/h3-4,8,10,13-14,17H,1-2,5-7,9H2,(H,16,18). The number of aromatic nitrogens is 2. The number of fused-ring (bicyclic) bond motifs is 2. The van der Waals surface area contributed by atoms with Gasteiger partial charge < -0.3 is 10.2 Å². The van der Waals surface area contributed by atoms with Crippen LogP contribution in [0.3, 0.4) is 0 Å². The quantitative estimate of drug-likeness (QED) is 0.868. The summed E-state index contributed by atoms with van der Waals surface area (Å²) < 4.78 is 0. The van der Waals surface area contributed by atoms with Crippen LogP contribution in [0.25, 0.3) is 10.9 Å². The van der Waals surface area contributed by atoms with Crippen LogP contribution in [-0.2, 0) is 0 Å². The minimum atomic E-state index is 0.628. The fourth-order valence-electron chi connectivity index (χ4n) is 3.62. The van der Waals surface area contributed by atoms with Crippen molar-refractivity contribution in [1.29, 1.82) is 0 Å². The normalized spacial score (nSPS) is 27.6. The molecular formula is C15H20N4. The molecule has 2 fully saturated rings. The van der Waals surface area contributed by atoms with E-state index >= 15 is 0 Å². The Morgan fingerprint density at radius 3 is 3.26 bits per heavy atom. The molecule has 2 saturated heterocycles. The molecule has 2 aromatic rings. The van der Waals surface area contributed by atoms with Crippen molar-refractivity contribution in [1.82, 2.24) is 15.1 Å². The van der Waals surface area contributed by atoms with Crippen molar-refractivity contribution in [2.75, 3.05) is 18.4 Å². The predicted octanol–water partition coefficient (Wildman–Crippen LogP) is 2.60. The largest absolute Gasteiger partial charge is 0.382 e. The fourth-order valence-corrected chi connectivity index (χ4v) is 3.62. The van der Waals surface area contributed by atoms with Crippen LogP contribution in [-0.4, -0.2) is 40.3 Å². The molecule has 2 N–H and O–H groups in total. The van der Waals surface area contributed by atoms with Gasteiger partial charge in [0.1, 0.15) is 0 Å². The van der Waals surface area contributed by atoms with E-state index in [0.29, 0.717) is 6.04 Å². The summed E-state index contributed by atoms with van der Waals surface area (Å²) in [7, 11) is 0. The second-order valence-corrected chi connectivity index (χ2v) is 5.87. The molecule has 100 valence electrons. The Bertz CT molecular complexity index is 576. The Kier molecular flexibility index (Phi) is 2.69. The van der Waals surface area contributed by atoms with E-state index in [-0.39, 0.29) is 0 Å². The first kappa shape index (κ1) is 11.3. The number of rotatable bonds is 2. The number of nitrogens with zero attached hydrogens (tertiary/aromatic N) is 2. The van der Waals surface area contributed by atoms with Gasteiger partial charge in [-0.25, -0.2) is 0 Å². The molecule has 2 unspecified atom stereocenters. The van der Waals surface area contributed by atoms with Gasteiger partial charge >= 0.3 is 0 Å². The van der Waals surface area contributed by atoms with E-state index in [1.165, 1.54) is 49.8 Å². The smallest absolute Gasteiger partial charge is 0.0651 e. The van der Waals surface area contributed by atoms with Gasteiger partial charge in [0.05, 0.1) is 11.7 Å². The first-order valence-electron chi connectivity index (χ1n) is 7.32. The lowest BCUT2D eigenvalue weighted by Crippen LogP contribution is -2.42. The van der Waals surface area contributed by atoms with Crippen molar-refractivity contribution < 1.29 is 0 Å². The lowest BCUT2D eigenvalue weighted by atomic mass is 9.97. The van der Waals surface area contributed by atoms with Crippen molar-refractivity contribution >= 4 is 16.6 Å². The molecule has 0 bridgehead atoms. The number of piperidine rings is 1. The monoisotopic (exact) mass is 256 g/mol. The maximum atomic E-state index is 4.07. The van der Waals surface area contributed by atoms with Crippen LogP contribution in [0.5, 0.6) is 0 Å². The minimum Gasteiger partial charge on any atom is -0.382 e. The maximum Gasteiger partial charge on any atom is 0.0651 e. The van der Waals surface area contributed by atoms with Gasteiger partial charge in [0.15, 0.2) is 0 Å². The molecule has 0 saturated carbocycles. The van der Waals surface area contributed by atoms with Crippen molar-refractivity contribution in [3.63, 3.8) is 0 Å². The second kappa shape index (κ2) is 4.53. The number of hydrogen-bond donors (Lipinski definition) is 2. The van der Waals surface area contributed by atoms with Crippen LogP contribution >= 0.6 is 0 Å². The number of nitrogens with one attached hydrogen (secondary N) is 2. The molecule has 0 spiro atoms. The predicted molar refractivity (Wildman–Crippen MR) is 77.3 cm³/mol. The van der Waals surface area contributed by atoms with Gasteiger partial charge in [-0.1, -0.05) is 0 Å². The molecule has 2 aliphatic heterocycles. The van der Waals surface area contributed by atoms with Gasteiger partial charge in [0.2, 0.25) is 0 Å². The van der Waals surface area contributed by atoms with Crippen molar-refractivity contribution in [2.45, 2.75) is 37.8 Å². The zero-order chi connectivity index (χ0) is 12.7. The summed E-state index contributed by atoms with van der Waals surface area (Å²) in [5, 5.41) is 12.0. The molecule has 0 amide bonds. The van der Waals surface area contributed by atoms with E-state index < -0.39 is 0 Å². The number of H-pyrrole nitrogens is 1. The molecule has 2 atom stereocenters. The molecule has 0 radical (unpaired) electrons. The Balaban J connectivity index is 1.48. The van der Waals surface area contributed by atoms with E-state index in [2.05, 4.69) is 38.6 Å². The van der Waals surface area contributed by atoms with E-state index in [4.69, 9.17) is 0 Å². The highest BCUT2D eigenvalue weighted by Crippen LogP contribution is 2.29. The Morgan fingerprint density at radius 1 is 1.26 bits per heavy atom. The zero-order valence-electron chi connectivity index (χ0n) is 11.1. The molecule has 3 heterocycles. The lowest BCUT2D eigenvalue weighted by molar-refractivity contribution is 0.188. The van der Waals surface area contributed by atoms with Gasteiger partial charge in [-0.15, -0.1) is 0 Å². The lowest BCUT2D eigenvalue weighted by Gasteiger charge is -2.35. The van der Waals surface area contributed by atoms with E-state index in [9.17, 15) is 0 Å². The van der Waals surface area contributed by atoms with Gasteiger partial charge in [-0.2, -0.15) is 5.10 Å². The van der Waals surface area contributed by atoms with Gasteiger partial charge in [-0.3, -0.25) is 5.10 Å². The highest BCUT2D eigenvalue weighted by molar-refractivity contribution is 5.81. The van der Waals surface area contributed by atoms with Gasteiger partial charge in [-0.05, 0) is 50.4 Å². The zero-order valence-corrected chi connectivity index (χ0v) is 11.1. The molecular weight excluding hydrogens is 236 g/mol. The van der Waals surface area contributed by atoms with Crippen LogP contribution in [0.2, 0.25) is 0 Å². The summed E-state index contributed by atoms with van der Waals surface area (Å²) in [6.45, 7) is 2.58. The van der Waals surface area contributed by atoms with Crippen LogP contribution in [0, 0.1) is 0 Å². The molecule has 4 heteroatoms. The van der Waals surface area contributed by atoms with Crippen molar-refractivity contribution in [3.05, 3.63) is 24.4 Å². The minimum absolute atomic E-state index is 0.628. The van der Waals surface area contributed by atoms with Gasteiger partial charge in [0.25, 0.3) is 0 Å². The summed E-state index contributed by atoms with van der Waals surface area (Å²) in [5.74, 6) is 0. The molecule has 1 aromatic carbocycles. The molecule has 0 aliphatic carbocycles. The van der Waals surface area contributed by atoms with E-state index in [0.717, 1.165) is 11.6 Å². The third-order valence-corrected chi connectivity index (χ3v) is 4.63. The Labute approximate surface area is 113 Å². The SMILES string of the molecule is c1cc2[nH]ncc2cc1NC1CCN2CCCC2C1. The topological polar surface area (TPSA) is 44.0 Å². The molecule has 2 aliphatic rings. The van der Waals surface area contributed by atoms with E-state index in [1.54, 1.807) is 0 Å². The average molecular weight is 256 g/mol. The van der Waals surface area contributed by atoms with Crippen LogP contribution in [0.1, 0.15) is 25.7 Å². The third kappa shape index (κ3) is 2.10. The Morgan fingerprint density at radius 2 is 2.26 bits per heavy atom. The summed E-state index contributed by atoms with van der Waals surface area (Å²) in [5.41, 5.74) is 2.33. The first-order chi connectivity index (χ1) is 9.38. The number of anilines is 1. The molecule has 4 rings (SSSR count). The third-order valence-electron chi connectivity index (χ3n) is 4.63. The number of benzene rings is 1. The van der Waals surface area contributed by atoms with Crippen LogP contribution in [0.15, 0.2) is 24.4 Å². The summed E-state index contributed by atoms with van der Waals surface area (Å²) in [6.07, 6.45) is 7.22. The van der Waals surface area contributed by atoms with Crippen LogP contribution < -0.4 is 5.32 Å². The molecule has 4 nitrogen and oxygen atoms in total. The number of hydrogen-bond acceptors (Lipinski definition) is 3. The highest BCUT2D eigenvalue weighted by Gasteiger charge is 2.31. The van der Waals surface area contributed by atoms with E-state index in [1.807, 2.05) is 6.20 Å².